The number of aliphatic imine (C=N–C) groups is 3. The maximum Gasteiger partial charge on any atom is 0.126 e. The van der Waals surface area contributed by atoms with Crippen molar-refractivity contribution in [2.24, 2.45) is 15.0 Å². The molecule has 0 aromatic heterocycles. The molecule has 0 amide bonds. The fourth-order valence-electron chi connectivity index (χ4n) is 15.2. The van der Waals surface area contributed by atoms with Crippen LogP contribution in [-0.4, -0.2) is 79.4 Å². The van der Waals surface area contributed by atoms with E-state index >= 15 is 0 Å². The lowest BCUT2D eigenvalue weighted by molar-refractivity contribution is 0.318. The highest BCUT2D eigenvalue weighted by molar-refractivity contribution is 7.80. The number of hydrogen-bond donors (Lipinski definition) is 0. The van der Waals surface area contributed by atoms with Gasteiger partial charge in [0.1, 0.15) is 54.3 Å². The van der Waals surface area contributed by atoms with E-state index in [0.717, 1.165) is 118 Å². The SMILES string of the molecule is COc1c2cc(C(C)(C)C)cc1Cc1cc(C(C)(C)C)cc3c1OCCN=Cc1ccccc1P1c4ccccc4C=NCCOc4c(cc(C(C)(C)C)cc4Cc4cc(C(C)(C)C)cc(c4OCCN=Cc4ccccc41)Cc1cc(C(C)(C)C)cc(c1OC)C3)Cc1cc(C(C)(C)C)cc(c1OC)C2. The Kier molecular flexibility index (Phi) is 22.4. The number of fused-ring (bicyclic) bond motifs is 11. The maximum atomic E-state index is 7.56. The Labute approximate surface area is 635 Å². The second-order valence-corrected chi connectivity index (χ2v) is 37.7. The van der Waals surface area contributed by atoms with Crippen molar-refractivity contribution in [1.29, 1.82) is 0 Å². The fourth-order valence-corrected chi connectivity index (χ4v) is 17.8. The van der Waals surface area contributed by atoms with Crippen LogP contribution in [0.2, 0.25) is 0 Å². The van der Waals surface area contributed by atoms with E-state index in [1.165, 1.54) is 49.3 Å². The van der Waals surface area contributed by atoms with Crippen LogP contribution < -0.4 is 44.3 Å². The second kappa shape index (κ2) is 30.8. The minimum Gasteiger partial charge on any atom is -0.496 e. The smallest absolute Gasteiger partial charge is 0.126 e. The van der Waals surface area contributed by atoms with Gasteiger partial charge in [-0.2, -0.15) is 0 Å². The van der Waals surface area contributed by atoms with E-state index in [9.17, 15) is 0 Å². The van der Waals surface area contributed by atoms with E-state index in [1.807, 2.05) is 21.3 Å². The number of ether oxygens (including phenoxy) is 6. The van der Waals surface area contributed by atoms with Gasteiger partial charge in [0.05, 0.1) is 41.0 Å². The predicted octanol–water partition coefficient (Wildman–Crippen LogP) is 20.2. The molecule has 0 fully saturated rings. The molecule has 554 valence electrons. The zero-order chi connectivity index (χ0) is 75.8. The third kappa shape index (κ3) is 17.1. The molecule has 10 heteroatoms. The molecule has 0 saturated carbocycles. The number of hydrogen-bond acceptors (Lipinski definition) is 9. The van der Waals surface area contributed by atoms with E-state index in [2.05, 4.69) is 289 Å². The molecule has 106 heavy (non-hydrogen) atoms. The van der Waals surface area contributed by atoms with Gasteiger partial charge in [-0.05, 0) is 156 Å². The minimum atomic E-state index is -1.25. The molecule has 1 aliphatic carbocycles. The molecule has 9 aromatic carbocycles. The first-order chi connectivity index (χ1) is 50.2. The molecule has 16 bridgehead atoms. The van der Waals surface area contributed by atoms with Crippen LogP contribution in [0.1, 0.15) is 241 Å². The summed E-state index contributed by atoms with van der Waals surface area (Å²) in [5.74, 6) is 5.09. The van der Waals surface area contributed by atoms with Crippen molar-refractivity contribution in [1.82, 2.24) is 0 Å². The van der Waals surface area contributed by atoms with Gasteiger partial charge in [-0.3, -0.25) is 15.0 Å². The van der Waals surface area contributed by atoms with E-state index in [1.54, 1.807) is 0 Å². The molecule has 1 atom stereocenters. The summed E-state index contributed by atoms with van der Waals surface area (Å²) in [5.41, 5.74) is 21.9. The highest BCUT2D eigenvalue weighted by Crippen LogP contribution is 2.47. The Bertz CT molecular complexity index is 4840. The van der Waals surface area contributed by atoms with Gasteiger partial charge >= 0.3 is 0 Å². The molecule has 9 nitrogen and oxygen atoms in total. The van der Waals surface area contributed by atoms with Gasteiger partial charge < -0.3 is 28.4 Å². The largest absolute Gasteiger partial charge is 0.496 e. The summed E-state index contributed by atoms with van der Waals surface area (Å²) in [7, 11) is 4.27. The van der Waals surface area contributed by atoms with Crippen molar-refractivity contribution in [3.8, 4) is 34.5 Å². The van der Waals surface area contributed by atoms with Crippen LogP contribution in [0.25, 0.3) is 0 Å². The van der Waals surface area contributed by atoms with E-state index in [-0.39, 0.29) is 32.5 Å². The van der Waals surface area contributed by atoms with Crippen molar-refractivity contribution >= 4 is 42.5 Å². The molecule has 0 N–H and O–H groups in total. The molecule has 2 heterocycles. The lowest BCUT2D eigenvalue weighted by Crippen LogP contribution is -2.27. The van der Waals surface area contributed by atoms with Crippen LogP contribution >= 0.6 is 7.92 Å². The summed E-state index contributed by atoms with van der Waals surface area (Å²) in [5, 5.41) is 3.53. The van der Waals surface area contributed by atoms with Gasteiger partial charge in [0.2, 0.25) is 0 Å². The summed E-state index contributed by atoms with van der Waals surface area (Å²) >= 11 is 0. The second-order valence-electron chi connectivity index (χ2n) is 35.6. The highest BCUT2D eigenvalue weighted by atomic mass is 31.1. The maximum absolute atomic E-state index is 7.56. The molecule has 1 unspecified atom stereocenters. The van der Waals surface area contributed by atoms with Crippen molar-refractivity contribution in [2.75, 3.05) is 60.8 Å². The average molecular weight is 1440 g/mol. The molecule has 12 rings (SSSR count). The van der Waals surface area contributed by atoms with Crippen LogP contribution in [-0.2, 0) is 71.0 Å². The molecule has 0 spiro atoms. The summed E-state index contributed by atoms with van der Waals surface area (Å²) in [6.07, 6.45) is 9.38. The Hall–Kier alpha value is -8.78. The predicted molar refractivity (Wildman–Crippen MR) is 446 cm³/mol. The Morgan fingerprint density at radius 3 is 0.670 bits per heavy atom. The lowest BCUT2D eigenvalue weighted by atomic mass is 9.79. The summed E-state index contributed by atoms with van der Waals surface area (Å²) in [4.78, 5) is 16.0. The molecule has 9 aromatic rings. The quantitative estimate of drug-likeness (QED) is 0.164. The monoisotopic (exact) mass is 1440 g/mol. The van der Waals surface area contributed by atoms with Gasteiger partial charge in [-0.1, -0.05) is 270 Å². The minimum absolute atomic E-state index is 0.225. The number of nitrogens with zero attached hydrogens (tertiary/aromatic N) is 3. The molecule has 0 saturated heterocycles. The zero-order valence-electron chi connectivity index (χ0n) is 67.3. The third-order valence-corrected chi connectivity index (χ3v) is 23.8. The molecule has 0 radical (unpaired) electrons. The van der Waals surface area contributed by atoms with Crippen LogP contribution in [0.4, 0.5) is 0 Å². The lowest BCUT2D eigenvalue weighted by Gasteiger charge is -2.29. The van der Waals surface area contributed by atoms with Gasteiger partial charge in [-0.15, -0.1) is 0 Å². The van der Waals surface area contributed by atoms with Crippen LogP contribution in [0.15, 0.2) is 161 Å². The first-order valence-electron chi connectivity index (χ1n) is 38.2. The standard InChI is InChI=1S/C96H114N3O6P/c1-91(2,3)76-46-64-40-65-47-77(92(4,5)6)49-67(86(65)101-20)42-72-54-80(95(13,14)15)56-74-45-75-57-81(96(16,17)18)55-73-44-69-51-78(93(7,8)9)50-68(87(69)102-21)43-71-53-79(94(10,11)12)52-70(41-66(48-76)85(64)100-19)88(71)103-37-34-97-58-61-28-22-25-31-82(61)106(83-32-26-23-29-62(83)59-98-35-38-104-89(72)74)84-33-27-24-30-63(84)60-99-36-39-105-90(73)75/h22-33,46-60H,34-45H2,1-21H3. The van der Waals surface area contributed by atoms with E-state index in [0.29, 0.717) is 78.0 Å². The van der Waals surface area contributed by atoms with Crippen LogP contribution in [0, 0.1) is 0 Å². The highest BCUT2D eigenvalue weighted by Gasteiger charge is 2.33. The Balaban J connectivity index is 1.25. The van der Waals surface area contributed by atoms with Crippen molar-refractivity contribution in [2.45, 2.75) is 196 Å². The van der Waals surface area contributed by atoms with E-state index < -0.39 is 7.92 Å². The van der Waals surface area contributed by atoms with Gasteiger partial charge in [0.15, 0.2) is 0 Å². The first-order valence-corrected chi connectivity index (χ1v) is 39.6. The molecule has 3 aliphatic rings. The van der Waals surface area contributed by atoms with Crippen molar-refractivity contribution < 1.29 is 28.4 Å². The molecule has 2 aliphatic heterocycles. The molecular weight excluding hydrogens is 1320 g/mol. The summed E-state index contributed by atoms with van der Waals surface area (Å²) in [6.45, 7) is 44.0. The summed E-state index contributed by atoms with van der Waals surface area (Å²) in [6, 6.07) is 55.1. The normalized spacial score (nSPS) is 15.5. The van der Waals surface area contributed by atoms with Crippen LogP contribution in [0.5, 0.6) is 34.5 Å². The Morgan fingerprint density at radius 2 is 0.462 bits per heavy atom. The number of rotatable bonds is 3. The topological polar surface area (TPSA) is 92.5 Å². The number of benzene rings is 9. The average Bonchev–Trinajstić information content (AvgIpc) is 0.922. The van der Waals surface area contributed by atoms with Crippen LogP contribution in [0.3, 0.4) is 0 Å². The Morgan fingerprint density at radius 1 is 0.274 bits per heavy atom. The number of methoxy groups -OCH3 is 3. The van der Waals surface area contributed by atoms with Crippen molar-refractivity contribution in [3.05, 3.63) is 262 Å². The third-order valence-electron chi connectivity index (χ3n) is 21.2. The van der Waals surface area contributed by atoms with Gasteiger partial charge in [0, 0.05) is 73.9 Å². The fraction of sp³-hybridized carbons (Fsp3) is 0.406. The zero-order valence-corrected chi connectivity index (χ0v) is 68.2. The summed E-state index contributed by atoms with van der Waals surface area (Å²) < 4.78 is 43.3. The van der Waals surface area contributed by atoms with Gasteiger partial charge in [0.25, 0.3) is 0 Å². The van der Waals surface area contributed by atoms with E-state index in [4.69, 9.17) is 43.4 Å². The van der Waals surface area contributed by atoms with Crippen molar-refractivity contribution in [3.63, 3.8) is 0 Å². The molecular formula is C96H114N3O6P. The van der Waals surface area contributed by atoms with Gasteiger partial charge in [-0.25, -0.2) is 0 Å². The first kappa shape index (κ1) is 76.9.